The summed E-state index contributed by atoms with van der Waals surface area (Å²) in [6.45, 7) is 6.69. The molecule has 4 heteroatoms. The molecule has 1 aliphatic rings. The molecule has 0 bridgehead atoms. The molecular weight excluding hydrogens is 206 g/mol. The fraction of sp³-hybridized carbons (Fsp3) is 0.833. The van der Waals surface area contributed by atoms with Gasteiger partial charge in [0.2, 0.25) is 0 Å². The molecule has 1 amide bonds. The lowest BCUT2D eigenvalue weighted by Gasteiger charge is -2.32. The summed E-state index contributed by atoms with van der Waals surface area (Å²) >= 11 is 0. The van der Waals surface area contributed by atoms with Crippen molar-refractivity contribution in [1.29, 1.82) is 0 Å². The molecule has 0 aromatic heterocycles. The number of carbonyl (C=O) groups is 2. The van der Waals surface area contributed by atoms with Crippen LogP contribution in [0.3, 0.4) is 0 Å². The molecule has 2 atom stereocenters. The van der Waals surface area contributed by atoms with Crippen molar-refractivity contribution in [2.45, 2.75) is 46.1 Å². The number of hydrogen-bond acceptors (Lipinski definition) is 3. The molecule has 1 aliphatic heterocycles. The third kappa shape index (κ3) is 3.83. The first kappa shape index (κ1) is 11.4. The standard InChI is InChI=1S/C12H21NO3/c1-9(14)10-5-7-13(8-6-10)11(15)16-12(2,3)4/h10H,5-8H2,1-4H3/i7D. The molecule has 0 aliphatic carbocycles. The fourth-order valence-electron chi connectivity index (χ4n) is 1.61. The summed E-state index contributed by atoms with van der Waals surface area (Å²) in [5.74, 6) is 0.0160. The molecule has 0 saturated carbocycles. The summed E-state index contributed by atoms with van der Waals surface area (Å²) < 4.78 is 13.1. The molecule has 2 unspecified atom stereocenters. The van der Waals surface area contributed by atoms with E-state index in [1.807, 2.05) is 0 Å². The van der Waals surface area contributed by atoms with Crippen LogP contribution in [0.25, 0.3) is 0 Å². The van der Waals surface area contributed by atoms with Crippen LogP contribution in [-0.2, 0) is 9.53 Å². The molecular formula is C12H21NO3. The molecule has 1 heterocycles. The van der Waals surface area contributed by atoms with Crippen molar-refractivity contribution < 1.29 is 15.7 Å². The summed E-state index contributed by atoms with van der Waals surface area (Å²) in [5.41, 5.74) is -0.547. The quantitative estimate of drug-likeness (QED) is 0.691. The van der Waals surface area contributed by atoms with E-state index in [9.17, 15) is 9.59 Å². The van der Waals surface area contributed by atoms with Crippen molar-refractivity contribution in [3.8, 4) is 0 Å². The Balaban J connectivity index is 2.58. The van der Waals surface area contributed by atoms with Crippen molar-refractivity contribution in [2.75, 3.05) is 13.1 Å². The normalized spacial score (nSPS) is 27.2. The number of carbonyl (C=O) groups excluding carboxylic acids is 2. The van der Waals surface area contributed by atoms with Gasteiger partial charge in [0, 0.05) is 20.4 Å². The lowest BCUT2D eigenvalue weighted by Crippen LogP contribution is -2.42. The van der Waals surface area contributed by atoms with E-state index < -0.39 is 18.2 Å². The molecule has 0 aromatic carbocycles. The summed E-state index contributed by atoms with van der Waals surface area (Å²) in [5, 5.41) is 0. The van der Waals surface area contributed by atoms with E-state index >= 15 is 0 Å². The Bertz CT molecular complexity index is 311. The fourth-order valence-corrected chi connectivity index (χ4v) is 1.61. The maximum absolute atomic E-state index is 11.8. The first-order valence-corrected chi connectivity index (χ1v) is 5.63. The highest BCUT2D eigenvalue weighted by Crippen LogP contribution is 2.20. The SMILES string of the molecule is [2H]C1CC(C(C)=O)CCN1C(=O)OC(C)(C)C. The summed E-state index contributed by atoms with van der Waals surface area (Å²) in [6.07, 6.45) is 0.581. The third-order valence-corrected chi connectivity index (χ3v) is 2.53. The summed E-state index contributed by atoms with van der Waals surface area (Å²) in [7, 11) is 0. The average Bonchev–Trinajstić information content (AvgIpc) is 2.14. The number of ketones is 1. The second-order valence-corrected chi connectivity index (χ2v) is 5.19. The molecule has 1 rings (SSSR count). The van der Waals surface area contributed by atoms with Gasteiger partial charge in [0.1, 0.15) is 11.4 Å². The molecule has 0 N–H and O–H groups in total. The van der Waals surface area contributed by atoms with E-state index in [-0.39, 0.29) is 11.7 Å². The molecule has 0 spiro atoms. The second kappa shape index (κ2) is 4.85. The van der Waals surface area contributed by atoms with Crippen molar-refractivity contribution in [2.24, 2.45) is 5.92 Å². The number of ether oxygens (including phenoxy) is 1. The minimum absolute atomic E-state index is 0.0869. The van der Waals surface area contributed by atoms with Gasteiger partial charge >= 0.3 is 6.09 Å². The predicted octanol–water partition coefficient (Wildman–Crippen LogP) is 2.22. The van der Waals surface area contributed by atoms with Crippen molar-refractivity contribution >= 4 is 11.9 Å². The Morgan fingerprint density at radius 1 is 1.38 bits per heavy atom. The van der Waals surface area contributed by atoms with Crippen LogP contribution in [0.2, 0.25) is 0 Å². The second-order valence-electron chi connectivity index (χ2n) is 5.19. The number of hydrogen-bond donors (Lipinski definition) is 0. The Hall–Kier alpha value is -1.06. The Morgan fingerprint density at radius 2 is 2.00 bits per heavy atom. The number of likely N-dealkylation sites (tertiary alicyclic amines) is 1. The number of Topliss-reactive ketones (excluding diaryl/α,β-unsaturated/α-hetero) is 1. The monoisotopic (exact) mass is 228 g/mol. The van der Waals surface area contributed by atoms with Gasteiger partial charge in [0.25, 0.3) is 0 Å². The lowest BCUT2D eigenvalue weighted by atomic mass is 9.94. The third-order valence-electron chi connectivity index (χ3n) is 2.53. The van der Waals surface area contributed by atoms with Crippen LogP contribution in [0, 0.1) is 5.92 Å². The largest absolute Gasteiger partial charge is 0.444 e. The van der Waals surface area contributed by atoms with E-state index in [2.05, 4.69) is 0 Å². The van der Waals surface area contributed by atoms with Crippen LogP contribution >= 0.6 is 0 Å². The Labute approximate surface area is 98.3 Å². The number of rotatable bonds is 1. The first-order valence-electron chi connectivity index (χ1n) is 6.21. The van der Waals surface area contributed by atoms with Crippen molar-refractivity contribution in [3.63, 3.8) is 0 Å². The van der Waals surface area contributed by atoms with Crippen LogP contribution in [-0.4, -0.2) is 35.4 Å². The van der Waals surface area contributed by atoms with Gasteiger partial charge < -0.3 is 9.64 Å². The lowest BCUT2D eigenvalue weighted by molar-refractivity contribution is -0.122. The zero-order valence-corrected chi connectivity index (χ0v) is 10.4. The van der Waals surface area contributed by atoms with Gasteiger partial charge in [-0.3, -0.25) is 4.79 Å². The van der Waals surface area contributed by atoms with Crippen LogP contribution < -0.4 is 0 Å². The summed E-state index contributed by atoms with van der Waals surface area (Å²) in [6, 6.07) is 0. The van der Waals surface area contributed by atoms with Crippen LogP contribution in [0.15, 0.2) is 0 Å². The van der Waals surface area contributed by atoms with E-state index in [1.165, 1.54) is 4.90 Å². The van der Waals surface area contributed by atoms with Crippen molar-refractivity contribution in [1.82, 2.24) is 4.90 Å². The van der Waals surface area contributed by atoms with E-state index in [0.29, 0.717) is 19.4 Å². The van der Waals surface area contributed by atoms with Gasteiger partial charge in [-0.1, -0.05) is 0 Å². The predicted molar refractivity (Wildman–Crippen MR) is 61.2 cm³/mol. The highest BCUT2D eigenvalue weighted by Gasteiger charge is 2.28. The maximum Gasteiger partial charge on any atom is 0.410 e. The smallest absolute Gasteiger partial charge is 0.410 e. The van der Waals surface area contributed by atoms with Gasteiger partial charge in [-0.05, 0) is 40.5 Å². The molecule has 92 valence electrons. The maximum atomic E-state index is 11.8. The van der Waals surface area contributed by atoms with Crippen LogP contribution in [0.1, 0.15) is 41.9 Å². The molecule has 16 heavy (non-hydrogen) atoms. The van der Waals surface area contributed by atoms with E-state index in [4.69, 9.17) is 6.11 Å². The highest BCUT2D eigenvalue weighted by molar-refractivity contribution is 5.78. The zero-order chi connectivity index (χ0) is 13.2. The minimum Gasteiger partial charge on any atom is -0.444 e. The first-order chi connectivity index (χ1) is 7.70. The topological polar surface area (TPSA) is 46.6 Å². The Morgan fingerprint density at radius 3 is 2.44 bits per heavy atom. The van der Waals surface area contributed by atoms with Gasteiger partial charge in [-0.15, -0.1) is 0 Å². The van der Waals surface area contributed by atoms with E-state index in [0.717, 1.165) is 0 Å². The van der Waals surface area contributed by atoms with Gasteiger partial charge in [0.05, 0.1) is 0 Å². The number of amides is 1. The molecule has 1 fully saturated rings. The van der Waals surface area contributed by atoms with Gasteiger partial charge in [0.15, 0.2) is 0 Å². The Kier molecular flexibility index (Phi) is 3.46. The molecule has 0 aromatic rings. The summed E-state index contributed by atoms with van der Waals surface area (Å²) in [4.78, 5) is 24.4. The average molecular weight is 228 g/mol. The minimum atomic E-state index is -0.674. The van der Waals surface area contributed by atoms with Crippen molar-refractivity contribution in [3.05, 3.63) is 0 Å². The number of piperidine rings is 1. The van der Waals surface area contributed by atoms with Crippen LogP contribution in [0.4, 0.5) is 4.79 Å². The van der Waals surface area contributed by atoms with Crippen LogP contribution in [0.5, 0.6) is 0 Å². The number of nitrogens with zero attached hydrogens (tertiary/aromatic N) is 1. The van der Waals surface area contributed by atoms with Gasteiger partial charge in [-0.2, -0.15) is 0 Å². The van der Waals surface area contributed by atoms with Gasteiger partial charge in [-0.25, -0.2) is 4.79 Å². The highest BCUT2D eigenvalue weighted by atomic mass is 16.6. The molecule has 4 nitrogen and oxygen atoms in total. The molecule has 0 radical (unpaired) electrons. The molecule has 1 saturated heterocycles. The van der Waals surface area contributed by atoms with E-state index in [1.54, 1.807) is 27.7 Å². The zero-order valence-electron chi connectivity index (χ0n) is 11.4.